The average molecular weight is 312 g/mol. The third-order valence-electron chi connectivity index (χ3n) is 2.98. The van der Waals surface area contributed by atoms with Crippen LogP contribution in [0.2, 0.25) is 5.02 Å². The van der Waals surface area contributed by atoms with Crippen LogP contribution >= 0.6 is 11.6 Å². The molecule has 0 radical (unpaired) electrons. The Hall–Kier alpha value is -1.52. The van der Waals surface area contributed by atoms with Gasteiger partial charge in [-0.05, 0) is 30.7 Å². The first kappa shape index (κ1) is 15.9. The molecule has 21 heavy (non-hydrogen) atoms. The van der Waals surface area contributed by atoms with Crippen molar-refractivity contribution in [1.29, 1.82) is 0 Å². The summed E-state index contributed by atoms with van der Waals surface area (Å²) >= 11 is 5.72. The van der Waals surface area contributed by atoms with Crippen LogP contribution in [-0.2, 0) is 13.2 Å². The number of benzene rings is 1. The normalized spacial score (nSPS) is 11.1. The Labute approximate surface area is 129 Å². The van der Waals surface area contributed by atoms with E-state index in [0.29, 0.717) is 18.2 Å². The predicted molar refractivity (Wildman–Crippen MR) is 81.0 cm³/mol. The average Bonchev–Trinajstić information content (AvgIpc) is 2.88. The van der Waals surface area contributed by atoms with E-state index in [1.807, 2.05) is 6.07 Å². The van der Waals surface area contributed by atoms with Gasteiger partial charge in [-0.25, -0.2) is 4.39 Å². The summed E-state index contributed by atoms with van der Waals surface area (Å²) < 4.78 is 24.6. The minimum absolute atomic E-state index is 0.0470. The van der Waals surface area contributed by atoms with Crippen LogP contribution < -0.4 is 10.1 Å². The van der Waals surface area contributed by atoms with Crippen LogP contribution in [0.3, 0.4) is 0 Å². The van der Waals surface area contributed by atoms with Gasteiger partial charge in [0.25, 0.3) is 0 Å². The van der Waals surface area contributed by atoms with Gasteiger partial charge in [0, 0.05) is 12.1 Å². The van der Waals surface area contributed by atoms with E-state index in [1.54, 1.807) is 18.4 Å². The van der Waals surface area contributed by atoms with Gasteiger partial charge in [0.1, 0.15) is 12.4 Å². The van der Waals surface area contributed by atoms with Gasteiger partial charge in [-0.3, -0.25) is 0 Å². The molecule has 0 amide bonds. The number of rotatable bonds is 7. The maximum Gasteiger partial charge on any atom is 0.183 e. The summed E-state index contributed by atoms with van der Waals surface area (Å²) in [5, 5.41) is 3.38. The molecule has 0 aliphatic rings. The van der Waals surface area contributed by atoms with Crippen molar-refractivity contribution in [3.05, 3.63) is 52.7 Å². The van der Waals surface area contributed by atoms with Crippen LogP contribution in [0.15, 0.2) is 34.9 Å². The van der Waals surface area contributed by atoms with Crippen molar-refractivity contribution in [3.63, 3.8) is 0 Å². The zero-order valence-electron chi connectivity index (χ0n) is 12.2. The summed E-state index contributed by atoms with van der Waals surface area (Å²) in [6, 6.07) is 6.56. The maximum atomic E-state index is 13.7. The molecule has 2 aromatic rings. The first-order chi connectivity index (χ1) is 10.1. The van der Waals surface area contributed by atoms with E-state index in [1.165, 1.54) is 6.07 Å². The van der Waals surface area contributed by atoms with Crippen molar-refractivity contribution >= 4 is 11.6 Å². The molecule has 5 heteroatoms. The summed E-state index contributed by atoms with van der Waals surface area (Å²) in [7, 11) is 0. The largest absolute Gasteiger partial charge is 0.483 e. The van der Waals surface area contributed by atoms with Crippen LogP contribution in [0.25, 0.3) is 0 Å². The third-order valence-corrected chi connectivity index (χ3v) is 3.27. The first-order valence-corrected chi connectivity index (χ1v) is 7.28. The molecule has 0 unspecified atom stereocenters. The minimum atomic E-state index is -0.551. The number of furan rings is 1. The summed E-state index contributed by atoms with van der Waals surface area (Å²) in [6.45, 7) is 6.09. The fourth-order valence-electron chi connectivity index (χ4n) is 1.89. The minimum Gasteiger partial charge on any atom is -0.483 e. The lowest BCUT2D eigenvalue weighted by atomic mass is 10.2. The van der Waals surface area contributed by atoms with Crippen LogP contribution in [0.4, 0.5) is 4.39 Å². The Balaban J connectivity index is 1.94. The number of ether oxygens (including phenoxy) is 1. The Morgan fingerprint density at radius 3 is 2.90 bits per heavy atom. The quantitative estimate of drug-likeness (QED) is 0.823. The lowest BCUT2D eigenvalue weighted by Gasteiger charge is -2.09. The van der Waals surface area contributed by atoms with E-state index >= 15 is 0 Å². The molecule has 3 nitrogen and oxygen atoms in total. The van der Waals surface area contributed by atoms with E-state index < -0.39 is 5.82 Å². The Morgan fingerprint density at radius 2 is 2.14 bits per heavy atom. The van der Waals surface area contributed by atoms with Gasteiger partial charge in [0.05, 0.1) is 11.3 Å². The smallest absolute Gasteiger partial charge is 0.183 e. The van der Waals surface area contributed by atoms with Crippen molar-refractivity contribution in [2.75, 3.05) is 6.54 Å². The van der Waals surface area contributed by atoms with Gasteiger partial charge in [-0.1, -0.05) is 31.5 Å². The zero-order chi connectivity index (χ0) is 15.2. The Morgan fingerprint density at radius 1 is 1.33 bits per heavy atom. The van der Waals surface area contributed by atoms with Gasteiger partial charge < -0.3 is 14.5 Å². The Bertz CT molecular complexity index is 583. The molecular formula is C16H19ClFNO2. The summed E-state index contributed by atoms with van der Waals surface area (Å²) in [5.74, 6) is 0.841. The molecule has 0 bridgehead atoms. The van der Waals surface area contributed by atoms with Crippen molar-refractivity contribution < 1.29 is 13.5 Å². The van der Waals surface area contributed by atoms with E-state index in [2.05, 4.69) is 19.2 Å². The Kier molecular flexibility index (Phi) is 5.65. The summed E-state index contributed by atoms with van der Waals surface area (Å²) in [6.07, 6.45) is 1.61. The topological polar surface area (TPSA) is 34.4 Å². The molecule has 0 saturated carbocycles. The van der Waals surface area contributed by atoms with Crippen LogP contribution in [0.1, 0.15) is 25.2 Å². The van der Waals surface area contributed by atoms with Gasteiger partial charge in [-0.2, -0.15) is 0 Å². The molecule has 0 aliphatic carbocycles. The van der Waals surface area contributed by atoms with E-state index in [0.717, 1.165) is 12.1 Å². The number of hydrogen-bond donors (Lipinski definition) is 1. The van der Waals surface area contributed by atoms with Crippen molar-refractivity contribution in [3.8, 4) is 5.75 Å². The second-order valence-electron chi connectivity index (χ2n) is 5.23. The van der Waals surface area contributed by atoms with E-state index in [9.17, 15) is 4.39 Å². The second-order valence-corrected chi connectivity index (χ2v) is 5.64. The van der Waals surface area contributed by atoms with Crippen molar-refractivity contribution in [2.45, 2.75) is 27.0 Å². The van der Waals surface area contributed by atoms with E-state index in [-0.39, 0.29) is 17.4 Å². The molecule has 1 heterocycles. The fourth-order valence-corrected chi connectivity index (χ4v) is 2.05. The summed E-state index contributed by atoms with van der Waals surface area (Å²) in [5.41, 5.74) is 1.01. The molecule has 1 aromatic carbocycles. The van der Waals surface area contributed by atoms with E-state index in [4.69, 9.17) is 20.8 Å². The molecule has 2 rings (SSSR count). The molecule has 0 fully saturated rings. The van der Waals surface area contributed by atoms with Crippen molar-refractivity contribution in [1.82, 2.24) is 5.32 Å². The van der Waals surface area contributed by atoms with Crippen LogP contribution in [-0.4, -0.2) is 6.54 Å². The highest BCUT2D eigenvalue weighted by Gasteiger charge is 2.11. The highest BCUT2D eigenvalue weighted by atomic mass is 35.5. The molecule has 114 valence electrons. The van der Waals surface area contributed by atoms with Crippen molar-refractivity contribution in [2.24, 2.45) is 5.92 Å². The molecule has 1 aromatic heterocycles. The molecule has 0 aliphatic heterocycles. The second kappa shape index (κ2) is 7.48. The van der Waals surface area contributed by atoms with Crippen LogP contribution in [0.5, 0.6) is 5.75 Å². The third kappa shape index (κ3) is 4.48. The van der Waals surface area contributed by atoms with Crippen LogP contribution in [0, 0.1) is 11.7 Å². The predicted octanol–water partition coefficient (Wildman–Crippen LogP) is 4.40. The first-order valence-electron chi connectivity index (χ1n) is 6.90. The SMILES string of the molecule is CC(C)CNCc1ccoc1COc1cccc(Cl)c1F. The number of halogens is 2. The van der Waals surface area contributed by atoms with Gasteiger partial charge >= 0.3 is 0 Å². The lowest BCUT2D eigenvalue weighted by Crippen LogP contribution is -2.19. The maximum absolute atomic E-state index is 13.7. The fraction of sp³-hybridized carbons (Fsp3) is 0.375. The highest BCUT2D eigenvalue weighted by Crippen LogP contribution is 2.25. The lowest BCUT2D eigenvalue weighted by molar-refractivity contribution is 0.256. The number of hydrogen-bond acceptors (Lipinski definition) is 3. The molecule has 0 atom stereocenters. The molecular weight excluding hydrogens is 293 g/mol. The molecule has 0 saturated heterocycles. The number of nitrogens with one attached hydrogen (secondary N) is 1. The standard InChI is InChI=1S/C16H19ClFNO2/c1-11(2)8-19-9-12-6-7-20-15(12)10-21-14-5-3-4-13(17)16(14)18/h3-7,11,19H,8-10H2,1-2H3. The zero-order valence-corrected chi connectivity index (χ0v) is 12.9. The molecule has 1 N–H and O–H groups in total. The summed E-state index contributed by atoms with van der Waals surface area (Å²) in [4.78, 5) is 0. The van der Waals surface area contributed by atoms with Gasteiger partial charge in [-0.15, -0.1) is 0 Å². The molecule has 0 spiro atoms. The monoisotopic (exact) mass is 311 g/mol. The van der Waals surface area contributed by atoms with Gasteiger partial charge in [0.2, 0.25) is 0 Å². The van der Waals surface area contributed by atoms with Gasteiger partial charge in [0.15, 0.2) is 11.6 Å². The highest BCUT2D eigenvalue weighted by molar-refractivity contribution is 6.30.